The Labute approximate surface area is 154 Å². The number of carbonyl (C=O) groups excluding carboxylic acids is 1. The van der Waals surface area contributed by atoms with Gasteiger partial charge in [-0.15, -0.1) is 0 Å². The number of para-hydroxylation sites is 1. The standard InChI is InChI=1S/C19H29N3O4/c1-5-19(4)10-12(9-18(2,3)11-19)20-16(24)13-7-6-8-14(15(13)23)21-22-17(25)26/h6-8,12,21-23H,5,9-11H2,1-4H3,(H,20,24)(H,25,26). The molecule has 7 heteroatoms. The van der Waals surface area contributed by atoms with Gasteiger partial charge in [0.25, 0.3) is 5.91 Å². The highest BCUT2D eigenvalue weighted by atomic mass is 16.4. The second-order valence-electron chi connectivity index (χ2n) is 8.34. The van der Waals surface area contributed by atoms with Crippen molar-refractivity contribution in [3.8, 4) is 5.75 Å². The van der Waals surface area contributed by atoms with Crippen molar-refractivity contribution in [2.24, 2.45) is 10.8 Å². The van der Waals surface area contributed by atoms with Crippen LogP contribution in [0.15, 0.2) is 18.2 Å². The summed E-state index contributed by atoms with van der Waals surface area (Å²) in [5, 5.41) is 22.0. The predicted molar refractivity (Wildman–Crippen MR) is 100 cm³/mol. The summed E-state index contributed by atoms with van der Waals surface area (Å²) in [6.07, 6.45) is 2.66. The number of amides is 2. The zero-order valence-corrected chi connectivity index (χ0v) is 15.8. The van der Waals surface area contributed by atoms with E-state index in [0.717, 1.165) is 25.7 Å². The van der Waals surface area contributed by atoms with E-state index in [9.17, 15) is 14.7 Å². The van der Waals surface area contributed by atoms with E-state index in [1.807, 2.05) is 5.43 Å². The number of carbonyl (C=O) groups is 2. The third kappa shape index (κ3) is 4.80. The minimum atomic E-state index is -1.29. The number of nitrogens with one attached hydrogen (secondary N) is 3. The van der Waals surface area contributed by atoms with Gasteiger partial charge in [-0.2, -0.15) is 0 Å². The average molecular weight is 363 g/mol. The molecular weight excluding hydrogens is 334 g/mol. The summed E-state index contributed by atoms with van der Waals surface area (Å²) in [6, 6.07) is 4.62. The number of aromatic hydroxyl groups is 1. The van der Waals surface area contributed by atoms with E-state index in [0.29, 0.717) is 0 Å². The Morgan fingerprint density at radius 3 is 2.54 bits per heavy atom. The first-order valence-electron chi connectivity index (χ1n) is 8.93. The Bertz CT molecular complexity index is 689. The van der Waals surface area contributed by atoms with Crippen LogP contribution in [0.4, 0.5) is 10.5 Å². The van der Waals surface area contributed by atoms with E-state index in [1.54, 1.807) is 6.07 Å². The lowest BCUT2D eigenvalue weighted by atomic mass is 9.61. The summed E-state index contributed by atoms with van der Waals surface area (Å²) < 4.78 is 0. The number of phenols is 1. The molecule has 1 saturated carbocycles. The summed E-state index contributed by atoms with van der Waals surface area (Å²) in [5.74, 6) is -0.644. The molecule has 0 aliphatic heterocycles. The van der Waals surface area contributed by atoms with E-state index in [4.69, 9.17) is 5.11 Å². The van der Waals surface area contributed by atoms with Gasteiger partial charge in [0.05, 0.1) is 11.3 Å². The molecule has 0 spiro atoms. The number of carboxylic acid groups (broad SMARTS) is 1. The van der Waals surface area contributed by atoms with Crippen LogP contribution >= 0.6 is 0 Å². The number of benzene rings is 1. The van der Waals surface area contributed by atoms with Crippen LogP contribution in [-0.4, -0.2) is 28.3 Å². The van der Waals surface area contributed by atoms with Gasteiger partial charge in [-0.25, -0.2) is 10.2 Å². The highest BCUT2D eigenvalue weighted by molar-refractivity contribution is 5.98. The van der Waals surface area contributed by atoms with E-state index in [1.165, 1.54) is 12.1 Å². The van der Waals surface area contributed by atoms with E-state index < -0.39 is 6.09 Å². The van der Waals surface area contributed by atoms with Crippen molar-refractivity contribution in [2.75, 3.05) is 5.43 Å². The molecular formula is C19H29N3O4. The van der Waals surface area contributed by atoms with Crippen LogP contribution < -0.4 is 16.2 Å². The molecule has 2 unspecified atom stereocenters. The third-order valence-corrected chi connectivity index (χ3v) is 5.22. The van der Waals surface area contributed by atoms with Crippen LogP contribution in [-0.2, 0) is 0 Å². The van der Waals surface area contributed by atoms with Gasteiger partial charge in [0.2, 0.25) is 0 Å². The number of hydrogen-bond donors (Lipinski definition) is 5. The van der Waals surface area contributed by atoms with Crippen molar-refractivity contribution < 1.29 is 19.8 Å². The highest BCUT2D eigenvalue weighted by Gasteiger charge is 2.40. The quantitative estimate of drug-likeness (QED) is 0.404. The first-order valence-corrected chi connectivity index (χ1v) is 8.93. The maximum atomic E-state index is 12.7. The number of rotatable bonds is 5. The van der Waals surface area contributed by atoms with Gasteiger partial charge < -0.3 is 15.5 Å². The Morgan fingerprint density at radius 1 is 1.23 bits per heavy atom. The minimum Gasteiger partial charge on any atom is -0.505 e. The van der Waals surface area contributed by atoms with Gasteiger partial charge in [-0.1, -0.05) is 40.2 Å². The van der Waals surface area contributed by atoms with Crippen LogP contribution in [0.2, 0.25) is 0 Å². The summed E-state index contributed by atoms with van der Waals surface area (Å²) in [5.41, 5.74) is 4.88. The molecule has 0 radical (unpaired) electrons. The topological polar surface area (TPSA) is 111 Å². The average Bonchev–Trinajstić information content (AvgIpc) is 2.51. The molecule has 1 fully saturated rings. The molecule has 144 valence electrons. The van der Waals surface area contributed by atoms with Gasteiger partial charge in [-0.3, -0.25) is 10.2 Å². The molecule has 1 aliphatic carbocycles. The molecule has 7 nitrogen and oxygen atoms in total. The Balaban J connectivity index is 2.14. The molecule has 0 bridgehead atoms. The molecule has 1 aromatic rings. The second kappa shape index (κ2) is 7.43. The van der Waals surface area contributed by atoms with Crippen molar-refractivity contribution in [1.29, 1.82) is 0 Å². The Hall–Kier alpha value is -2.44. The van der Waals surface area contributed by atoms with Gasteiger partial charge in [0.1, 0.15) is 0 Å². The normalized spacial score (nSPS) is 24.5. The largest absolute Gasteiger partial charge is 0.505 e. The number of anilines is 1. The van der Waals surface area contributed by atoms with E-state index in [2.05, 4.69) is 38.4 Å². The molecule has 26 heavy (non-hydrogen) atoms. The van der Waals surface area contributed by atoms with Gasteiger partial charge >= 0.3 is 6.09 Å². The van der Waals surface area contributed by atoms with E-state index >= 15 is 0 Å². The smallest absolute Gasteiger partial charge is 0.423 e. The molecule has 1 aliphatic rings. The Morgan fingerprint density at radius 2 is 1.92 bits per heavy atom. The monoisotopic (exact) mass is 363 g/mol. The van der Waals surface area contributed by atoms with Gasteiger partial charge in [-0.05, 0) is 42.2 Å². The van der Waals surface area contributed by atoms with Crippen molar-refractivity contribution >= 4 is 17.7 Å². The zero-order chi connectivity index (χ0) is 19.5. The second-order valence-corrected chi connectivity index (χ2v) is 8.34. The fraction of sp³-hybridized carbons (Fsp3) is 0.579. The minimum absolute atomic E-state index is 0.0318. The van der Waals surface area contributed by atoms with Crippen molar-refractivity contribution in [3.63, 3.8) is 0 Å². The number of hydrogen-bond acceptors (Lipinski definition) is 4. The summed E-state index contributed by atoms with van der Waals surface area (Å²) in [6.45, 7) is 8.88. The number of hydrazine groups is 1. The zero-order valence-electron chi connectivity index (χ0n) is 15.8. The van der Waals surface area contributed by atoms with Crippen molar-refractivity contribution in [3.05, 3.63) is 23.8 Å². The maximum absolute atomic E-state index is 12.7. The Kier molecular flexibility index (Phi) is 5.68. The van der Waals surface area contributed by atoms with Gasteiger partial charge in [0, 0.05) is 6.04 Å². The lowest BCUT2D eigenvalue weighted by Crippen LogP contribution is -2.46. The fourth-order valence-corrected chi connectivity index (χ4v) is 4.22. The molecule has 2 rings (SSSR count). The third-order valence-electron chi connectivity index (χ3n) is 5.22. The van der Waals surface area contributed by atoms with Crippen LogP contribution in [0.3, 0.4) is 0 Å². The molecule has 0 heterocycles. The maximum Gasteiger partial charge on any atom is 0.423 e. The predicted octanol–water partition coefficient (Wildman–Crippen LogP) is 3.71. The number of phenolic OH excluding ortho intramolecular Hbond substituents is 1. The highest BCUT2D eigenvalue weighted by Crippen LogP contribution is 2.47. The van der Waals surface area contributed by atoms with Crippen LogP contribution in [0.1, 0.15) is 63.7 Å². The summed E-state index contributed by atoms with van der Waals surface area (Å²) >= 11 is 0. The molecule has 5 N–H and O–H groups in total. The fourth-order valence-electron chi connectivity index (χ4n) is 4.22. The molecule has 1 aromatic carbocycles. The van der Waals surface area contributed by atoms with Crippen molar-refractivity contribution in [2.45, 2.75) is 59.4 Å². The molecule has 2 atom stereocenters. The molecule has 0 saturated heterocycles. The van der Waals surface area contributed by atoms with Crippen LogP contribution in [0.25, 0.3) is 0 Å². The van der Waals surface area contributed by atoms with Crippen LogP contribution in [0, 0.1) is 10.8 Å². The van der Waals surface area contributed by atoms with Gasteiger partial charge in [0.15, 0.2) is 5.75 Å². The van der Waals surface area contributed by atoms with Crippen LogP contribution in [0.5, 0.6) is 5.75 Å². The lowest BCUT2D eigenvalue weighted by molar-refractivity contribution is 0.0606. The SMILES string of the molecule is CCC1(C)CC(NC(=O)c2cccc(NNC(=O)O)c2O)CC(C)(C)C1. The molecule has 0 aromatic heterocycles. The molecule has 2 amide bonds. The lowest BCUT2D eigenvalue weighted by Gasteiger charge is -2.46. The van der Waals surface area contributed by atoms with E-state index in [-0.39, 0.29) is 39.8 Å². The van der Waals surface area contributed by atoms with Crippen molar-refractivity contribution in [1.82, 2.24) is 10.7 Å². The summed E-state index contributed by atoms with van der Waals surface area (Å²) in [7, 11) is 0. The first-order chi connectivity index (χ1) is 12.1. The summed E-state index contributed by atoms with van der Waals surface area (Å²) in [4.78, 5) is 23.3. The first kappa shape index (κ1) is 19.9.